The van der Waals surface area contributed by atoms with Crippen LogP contribution in [0, 0.1) is 5.92 Å². The summed E-state index contributed by atoms with van der Waals surface area (Å²) in [6.45, 7) is 3.50. The SMILES string of the molecule is CN1CCC(CNC(=O)c2csc(CCN)n2)C1. The summed E-state index contributed by atoms with van der Waals surface area (Å²) >= 11 is 1.50. The van der Waals surface area contributed by atoms with Gasteiger partial charge in [-0.1, -0.05) is 0 Å². The second-order valence-corrected chi connectivity index (χ2v) is 5.73. The molecule has 1 saturated heterocycles. The molecule has 1 aromatic heterocycles. The molecule has 2 heterocycles. The Balaban J connectivity index is 1.80. The van der Waals surface area contributed by atoms with Crippen LogP contribution in [-0.2, 0) is 6.42 Å². The van der Waals surface area contributed by atoms with E-state index in [4.69, 9.17) is 5.73 Å². The van der Waals surface area contributed by atoms with Gasteiger partial charge in [0.05, 0.1) is 5.01 Å². The minimum atomic E-state index is -0.0657. The average molecular weight is 268 g/mol. The Kier molecular flexibility index (Phi) is 4.68. The molecule has 0 bridgehead atoms. The van der Waals surface area contributed by atoms with Gasteiger partial charge in [-0.05, 0) is 32.5 Å². The van der Waals surface area contributed by atoms with Crippen molar-refractivity contribution in [1.29, 1.82) is 0 Å². The molecule has 1 aromatic rings. The Labute approximate surface area is 111 Å². The summed E-state index contributed by atoms with van der Waals surface area (Å²) in [6, 6.07) is 0. The fourth-order valence-electron chi connectivity index (χ4n) is 2.17. The van der Waals surface area contributed by atoms with Gasteiger partial charge in [0.1, 0.15) is 5.69 Å². The first-order valence-electron chi connectivity index (χ1n) is 6.30. The van der Waals surface area contributed by atoms with Gasteiger partial charge in [-0.3, -0.25) is 4.79 Å². The highest BCUT2D eigenvalue weighted by atomic mass is 32.1. The molecule has 0 radical (unpaired) electrons. The van der Waals surface area contributed by atoms with E-state index in [1.807, 2.05) is 0 Å². The zero-order valence-corrected chi connectivity index (χ0v) is 11.5. The maximum Gasteiger partial charge on any atom is 0.270 e. The van der Waals surface area contributed by atoms with Gasteiger partial charge in [0.25, 0.3) is 5.91 Å². The zero-order valence-electron chi connectivity index (χ0n) is 10.7. The highest BCUT2D eigenvalue weighted by molar-refractivity contribution is 7.09. The van der Waals surface area contributed by atoms with Gasteiger partial charge in [-0.2, -0.15) is 0 Å². The maximum absolute atomic E-state index is 11.9. The van der Waals surface area contributed by atoms with Gasteiger partial charge in [0.15, 0.2) is 0 Å². The predicted octanol–water partition coefficient (Wildman–Crippen LogP) is 0.326. The number of hydrogen-bond acceptors (Lipinski definition) is 5. The molecule has 6 heteroatoms. The smallest absolute Gasteiger partial charge is 0.270 e. The molecular weight excluding hydrogens is 248 g/mol. The lowest BCUT2D eigenvalue weighted by atomic mass is 10.1. The summed E-state index contributed by atoms with van der Waals surface area (Å²) in [5, 5.41) is 5.70. The summed E-state index contributed by atoms with van der Waals surface area (Å²) in [4.78, 5) is 18.5. The molecule has 1 atom stereocenters. The van der Waals surface area contributed by atoms with Crippen molar-refractivity contribution < 1.29 is 4.79 Å². The molecule has 1 amide bonds. The number of nitrogens with two attached hydrogens (primary N) is 1. The van der Waals surface area contributed by atoms with E-state index < -0.39 is 0 Å². The molecule has 1 fully saturated rings. The van der Waals surface area contributed by atoms with Crippen LogP contribution >= 0.6 is 11.3 Å². The van der Waals surface area contributed by atoms with Crippen molar-refractivity contribution in [1.82, 2.24) is 15.2 Å². The molecule has 0 saturated carbocycles. The molecule has 1 aliphatic heterocycles. The third-order valence-corrected chi connectivity index (χ3v) is 4.09. The standard InChI is InChI=1S/C12H20N4OS/c1-16-5-3-9(7-16)6-14-12(17)10-8-18-11(15-10)2-4-13/h8-9H,2-7,13H2,1H3,(H,14,17). The first-order valence-corrected chi connectivity index (χ1v) is 7.18. The number of rotatable bonds is 5. The van der Waals surface area contributed by atoms with Gasteiger partial charge in [-0.15, -0.1) is 11.3 Å². The van der Waals surface area contributed by atoms with Gasteiger partial charge in [0.2, 0.25) is 0 Å². The lowest BCUT2D eigenvalue weighted by molar-refractivity contribution is 0.0943. The summed E-state index contributed by atoms with van der Waals surface area (Å²) in [6.07, 6.45) is 1.90. The van der Waals surface area contributed by atoms with Crippen LogP contribution < -0.4 is 11.1 Å². The van der Waals surface area contributed by atoms with E-state index in [9.17, 15) is 4.79 Å². The Morgan fingerprint density at radius 2 is 2.56 bits per heavy atom. The van der Waals surface area contributed by atoms with Crippen LogP contribution in [0.3, 0.4) is 0 Å². The number of carbonyl (C=O) groups excluding carboxylic acids is 1. The molecule has 0 aliphatic carbocycles. The molecule has 0 aromatic carbocycles. The van der Waals surface area contributed by atoms with Crippen LogP contribution in [-0.4, -0.2) is 49.0 Å². The van der Waals surface area contributed by atoms with E-state index >= 15 is 0 Å². The first kappa shape index (κ1) is 13.5. The van der Waals surface area contributed by atoms with Crippen LogP contribution in [0.2, 0.25) is 0 Å². The molecule has 100 valence electrons. The molecule has 0 spiro atoms. The summed E-state index contributed by atoms with van der Waals surface area (Å²) < 4.78 is 0. The predicted molar refractivity (Wildman–Crippen MR) is 72.8 cm³/mol. The van der Waals surface area contributed by atoms with Gasteiger partial charge < -0.3 is 16.0 Å². The van der Waals surface area contributed by atoms with Gasteiger partial charge >= 0.3 is 0 Å². The first-order chi connectivity index (χ1) is 8.69. The number of aromatic nitrogens is 1. The zero-order chi connectivity index (χ0) is 13.0. The van der Waals surface area contributed by atoms with Crippen LogP contribution in [0.25, 0.3) is 0 Å². The lowest BCUT2D eigenvalue weighted by Crippen LogP contribution is -2.30. The Hall–Kier alpha value is -0.980. The van der Waals surface area contributed by atoms with Crippen molar-refractivity contribution in [2.75, 3.05) is 33.2 Å². The van der Waals surface area contributed by atoms with Crippen LogP contribution in [0.15, 0.2) is 5.38 Å². The lowest BCUT2D eigenvalue weighted by Gasteiger charge is -2.10. The number of nitrogens with zero attached hydrogens (tertiary/aromatic N) is 2. The second-order valence-electron chi connectivity index (χ2n) is 4.79. The minimum absolute atomic E-state index is 0.0657. The fourth-order valence-corrected chi connectivity index (χ4v) is 2.97. The van der Waals surface area contributed by atoms with Crippen molar-refractivity contribution in [2.24, 2.45) is 11.7 Å². The molecule has 1 unspecified atom stereocenters. The minimum Gasteiger partial charge on any atom is -0.350 e. The van der Waals surface area contributed by atoms with Gasteiger partial charge in [-0.25, -0.2) is 4.98 Å². The van der Waals surface area contributed by atoms with E-state index in [0.717, 1.165) is 37.5 Å². The number of hydrogen-bond donors (Lipinski definition) is 2. The Bertz CT molecular complexity index is 407. The monoisotopic (exact) mass is 268 g/mol. The highest BCUT2D eigenvalue weighted by Gasteiger charge is 2.20. The van der Waals surface area contributed by atoms with Crippen molar-refractivity contribution in [2.45, 2.75) is 12.8 Å². The Morgan fingerprint density at radius 3 is 3.22 bits per heavy atom. The molecule has 5 nitrogen and oxygen atoms in total. The maximum atomic E-state index is 11.9. The highest BCUT2D eigenvalue weighted by Crippen LogP contribution is 2.14. The van der Waals surface area contributed by atoms with Crippen molar-refractivity contribution in [3.05, 3.63) is 16.1 Å². The second kappa shape index (κ2) is 6.26. The summed E-state index contributed by atoms with van der Waals surface area (Å²) in [5.74, 6) is 0.505. The Morgan fingerprint density at radius 1 is 1.72 bits per heavy atom. The van der Waals surface area contributed by atoms with Crippen molar-refractivity contribution in [3.63, 3.8) is 0 Å². The molecule has 3 N–H and O–H groups in total. The van der Waals surface area contributed by atoms with Crippen LogP contribution in [0.1, 0.15) is 21.9 Å². The number of likely N-dealkylation sites (tertiary alicyclic amines) is 1. The molecular formula is C12H20N4OS. The number of carbonyl (C=O) groups is 1. The third-order valence-electron chi connectivity index (χ3n) is 3.18. The third kappa shape index (κ3) is 3.51. The molecule has 1 aliphatic rings. The van der Waals surface area contributed by atoms with Crippen molar-refractivity contribution in [3.8, 4) is 0 Å². The summed E-state index contributed by atoms with van der Waals surface area (Å²) in [7, 11) is 2.11. The number of nitrogens with one attached hydrogen (secondary N) is 1. The largest absolute Gasteiger partial charge is 0.350 e. The topological polar surface area (TPSA) is 71.2 Å². The quantitative estimate of drug-likeness (QED) is 0.807. The van der Waals surface area contributed by atoms with E-state index in [2.05, 4.69) is 22.2 Å². The van der Waals surface area contributed by atoms with Gasteiger partial charge in [0, 0.05) is 24.9 Å². The van der Waals surface area contributed by atoms with Crippen LogP contribution in [0.5, 0.6) is 0 Å². The number of amides is 1. The number of thiazole rings is 1. The fraction of sp³-hybridized carbons (Fsp3) is 0.667. The molecule has 2 rings (SSSR count). The molecule has 18 heavy (non-hydrogen) atoms. The normalized spacial score (nSPS) is 20.2. The van der Waals surface area contributed by atoms with E-state index in [1.54, 1.807) is 5.38 Å². The average Bonchev–Trinajstić information content (AvgIpc) is 2.96. The summed E-state index contributed by atoms with van der Waals surface area (Å²) in [5.41, 5.74) is 5.98. The van der Waals surface area contributed by atoms with E-state index in [-0.39, 0.29) is 5.91 Å². The van der Waals surface area contributed by atoms with Crippen LogP contribution in [0.4, 0.5) is 0 Å². The van der Waals surface area contributed by atoms with E-state index in [0.29, 0.717) is 18.2 Å². The van der Waals surface area contributed by atoms with E-state index in [1.165, 1.54) is 11.3 Å². The van der Waals surface area contributed by atoms with Crippen molar-refractivity contribution >= 4 is 17.2 Å².